The summed E-state index contributed by atoms with van der Waals surface area (Å²) in [4.78, 5) is 26.9. The van der Waals surface area contributed by atoms with Crippen molar-refractivity contribution in [2.75, 3.05) is 18.4 Å². The van der Waals surface area contributed by atoms with Crippen LogP contribution in [-0.2, 0) is 11.3 Å². The molecule has 41 heavy (non-hydrogen) atoms. The van der Waals surface area contributed by atoms with E-state index in [4.69, 9.17) is 33.0 Å². The number of nitrogens with one attached hydrogen (secondary N) is 2. The second-order valence-corrected chi connectivity index (χ2v) is 11.8. The van der Waals surface area contributed by atoms with Crippen LogP contribution in [0.4, 0.5) is 10.7 Å². The highest BCUT2D eigenvalue weighted by Gasteiger charge is 2.29. The van der Waals surface area contributed by atoms with E-state index < -0.39 is 5.60 Å². The Kier molecular flexibility index (Phi) is 8.27. The third-order valence-corrected chi connectivity index (χ3v) is 7.09. The van der Waals surface area contributed by atoms with Crippen molar-refractivity contribution in [3.63, 3.8) is 0 Å². The number of anilines is 1. The highest BCUT2D eigenvalue weighted by atomic mass is 35.5. The third-order valence-electron chi connectivity index (χ3n) is 6.65. The Labute approximate surface area is 247 Å². The molecule has 1 aliphatic rings. The molecule has 2 aromatic heterocycles. The maximum absolute atomic E-state index is 12.6. The second-order valence-electron chi connectivity index (χ2n) is 10.9. The highest BCUT2D eigenvalue weighted by Crippen LogP contribution is 2.34. The SMILES string of the molecule is CC(C)(C)OC(=O)N1CCC(c2cc(-c3cc(Cl)cc(Cl)c3)nn2Cc2ccc(C(=O)Nc3nn[nH]n3)cc2)CC1. The van der Waals surface area contributed by atoms with Crippen LogP contribution in [-0.4, -0.2) is 66.0 Å². The molecule has 214 valence electrons. The zero-order valence-corrected chi connectivity index (χ0v) is 24.4. The van der Waals surface area contributed by atoms with Gasteiger partial charge in [0.25, 0.3) is 11.9 Å². The van der Waals surface area contributed by atoms with Crippen LogP contribution < -0.4 is 5.32 Å². The molecular formula is C28H30Cl2N8O3. The topological polar surface area (TPSA) is 131 Å². The summed E-state index contributed by atoms with van der Waals surface area (Å²) in [6.07, 6.45) is 1.26. The predicted molar refractivity (Wildman–Crippen MR) is 155 cm³/mol. The number of hydrogen-bond donors (Lipinski definition) is 2. The lowest BCUT2D eigenvalue weighted by Crippen LogP contribution is -2.41. The molecule has 2 N–H and O–H groups in total. The van der Waals surface area contributed by atoms with E-state index in [1.54, 1.807) is 23.1 Å². The first-order valence-corrected chi connectivity index (χ1v) is 14.0. The Bertz CT molecular complexity index is 1500. The van der Waals surface area contributed by atoms with Gasteiger partial charge in [-0.3, -0.25) is 14.8 Å². The smallest absolute Gasteiger partial charge is 0.410 e. The van der Waals surface area contributed by atoms with Crippen LogP contribution in [0.25, 0.3) is 11.3 Å². The summed E-state index contributed by atoms with van der Waals surface area (Å²) in [6.45, 7) is 7.27. The summed E-state index contributed by atoms with van der Waals surface area (Å²) in [5.41, 5.74) is 3.52. The lowest BCUT2D eigenvalue weighted by Gasteiger charge is -2.33. The summed E-state index contributed by atoms with van der Waals surface area (Å²) in [5.74, 6) is -0.0502. The van der Waals surface area contributed by atoms with E-state index in [9.17, 15) is 9.59 Å². The standard InChI is InChI=1S/C28H30Cl2N8O3/c1-28(2,3)41-27(40)37-10-8-18(9-11-37)24-15-23(20-12-21(29)14-22(30)13-20)34-38(24)16-17-4-6-19(7-5-17)25(39)31-26-32-35-36-33-26/h4-7,12-15,18H,8-11,16H2,1-3H3,(H2,31,32,33,35,36,39). The van der Waals surface area contributed by atoms with E-state index in [0.29, 0.717) is 35.2 Å². The van der Waals surface area contributed by atoms with Gasteiger partial charge >= 0.3 is 6.09 Å². The van der Waals surface area contributed by atoms with Crippen molar-refractivity contribution in [2.45, 2.75) is 51.7 Å². The molecule has 0 bridgehead atoms. The number of tetrazole rings is 1. The first kappa shape index (κ1) is 28.6. The zero-order valence-electron chi connectivity index (χ0n) is 22.9. The van der Waals surface area contributed by atoms with Gasteiger partial charge in [-0.1, -0.05) is 40.4 Å². The van der Waals surface area contributed by atoms with Crippen molar-refractivity contribution >= 4 is 41.2 Å². The Morgan fingerprint density at radius 2 is 1.73 bits per heavy atom. The summed E-state index contributed by atoms with van der Waals surface area (Å²) in [7, 11) is 0. The Hall–Kier alpha value is -3.96. The molecule has 0 spiro atoms. The number of likely N-dealkylation sites (tertiary alicyclic amines) is 1. The average Bonchev–Trinajstić information content (AvgIpc) is 3.58. The van der Waals surface area contributed by atoms with Gasteiger partial charge in [0, 0.05) is 45.9 Å². The fourth-order valence-electron chi connectivity index (χ4n) is 4.74. The van der Waals surface area contributed by atoms with Crippen LogP contribution in [0.3, 0.4) is 0 Å². The van der Waals surface area contributed by atoms with Gasteiger partial charge in [-0.05, 0) is 80.8 Å². The quantitative estimate of drug-likeness (QED) is 0.288. The highest BCUT2D eigenvalue weighted by molar-refractivity contribution is 6.35. The molecule has 1 fully saturated rings. The number of halogens is 2. The summed E-state index contributed by atoms with van der Waals surface area (Å²) in [6, 6.07) is 14.7. The van der Waals surface area contributed by atoms with E-state index in [0.717, 1.165) is 35.4 Å². The van der Waals surface area contributed by atoms with Crippen LogP contribution in [0.2, 0.25) is 10.0 Å². The molecule has 11 nitrogen and oxygen atoms in total. The minimum atomic E-state index is -0.539. The van der Waals surface area contributed by atoms with Gasteiger partial charge in [0.15, 0.2) is 0 Å². The molecule has 0 atom stereocenters. The molecule has 2 aromatic carbocycles. The maximum Gasteiger partial charge on any atom is 0.410 e. The van der Waals surface area contributed by atoms with Crippen LogP contribution in [0, 0.1) is 0 Å². The molecule has 5 rings (SSSR count). The monoisotopic (exact) mass is 596 g/mol. The van der Waals surface area contributed by atoms with Gasteiger partial charge in [-0.25, -0.2) is 4.79 Å². The van der Waals surface area contributed by atoms with Crippen molar-refractivity contribution in [2.24, 2.45) is 0 Å². The number of rotatable bonds is 6. The lowest BCUT2D eigenvalue weighted by atomic mass is 9.93. The molecule has 13 heteroatoms. The molecule has 1 saturated heterocycles. The number of aromatic amines is 1. The van der Waals surface area contributed by atoms with Gasteiger partial charge < -0.3 is 9.64 Å². The number of amides is 2. The van der Waals surface area contributed by atoms with Crippen molar-refractivity contribution < 1.29 is 14.3 Å². The van der Waals surface area contributed by atoms with Gasteiger partial charge in [0.05, 0.1) is 12.2 Å². The van der Waals surface area contributed by atoms with Gasteiger partial charge in [0.1, 0.15) is 5.60 Å². The van der Waals surface area contributed by atoms with Crippen molar-refractivity contribution in [1.29, 1.82) is 0 Å². The molecule has 0 aliphatic carbocycles. The second kappa shape index (κ2) is 11.9. The minimum absolute atomic E-state index is 0.103. The predicted octanol–water partition coefficient (Wildman–Crippen LogP) is 5.79. The Morgan fingerprint density at radius 1 is 1.05 bits per heavy atom. The van der Waals surface area contributed by atoms with Gasteiger partial charge in [0.2, 0.25) is 0 Å². The number of ether oxygens (including phenoxy) is 1. The fraction of sp³-hybridized carbons (Fsp3) is 0.357. The first-order valence-electron chi connectivity index (χ1n) is 13.2. The molecule has 3 heterocycles. The number of carbonyl (C=O) groups excluding carboxylic acids is 2. The van der Waals surface area contributed by atoms with E-state index >= 15 is 0 Å². The number of benzene rings is 2. The molecule has 0 unspecified atom stereocenters. The normalized spacial score (nSPS) is 14.2. The third kappa shape index (κ3) is 7.22. The molecule has 0 saturated carbocycles. The number of carbonyl (C=O) groups is 2. The average molecular weight is 598 g/mol. The van der Waals surface area contributed by atoms with Crippen LogP contribution in [0.15, 0.2) is 48.5 Å². The van der Waals surface area contributed by atoms with Crippen LogP contribution in [0.1, 0.15) is 61.1 Å². The molecule has 4 aromatic rings. The van der Waals surface area contributed by atoms with E-state index in [2.05, 4.69) is 32.0 Å². The van der Waals surface area contributed by atoms with Crippen molar-refractivity contribution in [3.05, 3.63) is 75.4 Å². The van der Waals surface area contributed by atoms with Crippen LogP contribution >= 0.6 is 23.2 Å². The molecule has 1 aliphatic heterocycles. The lowest BCUT2D eigenvalue weighted by molar-refractivity contribution is 0.0203. The Balaban J connectivity index is 1.36. The van der Waals surface area contributed by atoms with Crippen molar-refractivity contribution in [1.82, 2.24) is 35.3 Å². The fourth-order valence-corrected chi connectivity index (χ4v) is 5.26. The summed E-state index contributed by atoms with van der Waals surface area (Å²) >= 11 is 12.6. The minimum Gasteiger partial charge on any atom is -0.444 e. The first-order chi connectivity index (χ1) is 19.5. The molecule has 0 radical (unpaired) electrons. The Morgan fingerprint density at radius 3 is 2.34 bits per heavy atom. The molecular weight excluding hydrogens is 567 g/mol. The number of piperidine rings is 1. The zero-order chi connectivity index (χ0) is 29.1. The number of H-pyrrole nitrogens is 1. The number of aromatic nitrogens is 6. The van der Waals surface area contributed by atoms with E-state index in [-0.39, 0.29) is 23.9 Å². The summed E-state index contributed by atoms with van der Waals surface area (Å²) in [5, 5.41) is 21.8. The van der Waals surface area contributed by atoms with E-state index in [1.807, 2.05) is 49.7 Å². The van der Waals surface area contributed by atoms with Gasteiger partial charge in [-0.15, -0.1) is 5.10 Å². The van der Waals surface area contributed by atoms with E-state index in [1.165, 1.54) is 0 Å². The largest absolute Gasteiger partial charge is 0.444 e. The number of hydrogen-bond acceptors (Lipinski definition) is 7. The van der Waals surface area contributed by atoms with Crippen LogP contribution in [0.5, 0.6) is 0 Å². The van der Waals surface area contributed by atoms with Gasteiger partial charge in [-0.2, -0.15) is 10.3 Å². The van der Waals surface area contributed by atoms with Crippen molar-refractivity contribution in [3.8, 4) is 11.3 Å². The maximum atomic E-state index is 12.6. The molecule has 2 amide bonds. The number of nitrogens with zero attached hydrogens (tertiary/aromatic N) is 6. The summed E-state index contributed by atoms with van der Waals surface area (Å²) < 4.78 is 7.54.